The van der Waals surface area contributed by atoms with Crippen molar-refractivity contribution in [2.45, 2.75) is 19.1 Å². The summed E-state index contributed by atoms with van der Waals surface area (Å²) in [6.45, 7) is 0.213. The van der Waals surface area contributed by atoms with E-state index in [-0.39, 0.29) is 13.0 Å². The van der Waals surface area contributed by atoms with Crippen molar-refractivity contribution in [3.05, 3.63) is 107 Å². The van der Waals surface area contributed by atoms with Crippen LogP contribution in [0.3, 0.4) is 0 Å². The number of rotatable bonds is 8. The van der Waals surface area contributed by atoms with Crippen molar-refractivity contribution in [3.63, 3.8) is 0 Å². The molecule has 0 fully saturated rings. The molecule has 0 spiro atoms. The van der Waals surface area contributed by atoms with E-state index in [1.807, 2.05) is 60.8 Å². The lowest BCUT2D eigenvalue weighted by Gasteiger charge is -2.18. The fraction of sp³-hybridized carbons (Fsp3) is 0.120. The smallest absolute Gasteiger partial charge is 0.266 e. The van der Waals surface area contributed by atoms with Crippen LogP contribution < -0.4 is 10.8 Å². The van der Waals surface area contributed by atoms with E-state index in [1.165, 1.54) is 0 Å². The first-order chi connectivity index (χ1) is 15.6. The number of hydrogen-bond acceptors (Lipinski definition) is 3. The second kappa shape index (κ2) is 10.1. The number of hydroxylamine groups is 1. The molecule has 7 heteroatoms. The maximum absolute atomic E-state index is 13.0. The van der Waals surface area contributed by atoms with E-state index in [0.29, 0.717) is 10.6 Å². The molecule has 3 N–H and O–H groups in total. The molecule has 0 saturated carbocycles. The maximum atomic E-state index is 13.0. The summed E-state index contributed by atoms with van der Waals surface area (Å²) in [6, 6.07) is 23.1. The fourth-order valence-corrected chi connectivity index (χ4v) is 3.67. The van der Waals surface area contributed by atoms with Crippen molar-refractivity contribution in [1.29, 1.82) is 0 Å². The van der Waals surface area contributed by atoms with Gasteiger partial charge in [-0.25, -0.2) is 5.48 Å². The van der Waals surface area contributed by atoms with Crippen LogP contribution in [0.1, 0.15) is 21.5 Å². The molecule has 32 heavy (non-hydrogen) atoms. The van der Waals surface area contributed by atoms with Crippen molar-refractivity contribution in [3.8, 4) is 0 Å². The molecule has 0 aliphatic heterocycles. The molecule has 2 amide bonds. The minimum Gasteiger partial charge on any atom is -0.361 e. The molecule has 4 aromatic rings. The number of para-hydroxylation sites is 1. The molecule has 6 nitrogen and oxygen atoms in total. The summed E-state index contributed by atoms with van der Waals surface area (Å²) >= 11 is 6.16. The van der Waals surface area contributed by atoms with Crippen LogP contribution >= 0.6 is 11.6 Å². The second-order valence-corrected chi connectivity index (χ2v) is 7.72. The van der Waals surface area contributed by atoms with E-state index in [9.17, 15) is 9.59 Å². The van der Waals surface area contributed by atoms with E-state index in [4.69, 9.17) is 16.4 Å². The number of benzene rings is 3. The Balaban J connectivity index is 1.50. The predicted octanol–water partition coefficient (Wildman–Crippen LogP) is 4.41. The molecular formula is C25H22ClN3O3. The number of carbonyl (C=O) groups excluding carboxylic acids is 2. The summed E-state index contributed by atoms with van der Waals surface area (Å²) in [5.41, 5.74) is 5.55. The number of nitrogens with one attached hydrogen (secondary N) is 3. The average Bonchev–Trinajstić information content (AvgIpc) is 3.22. The standard InChI is InChI=1S/C25H22ClN3O3/c26-21-12-6-4-11-20(21)24(30)28-23(14-18-15-27-22-13-7-5-10-19(18)22)25(31)29-32-16-17-8-2-1-3-9-17/h1-13,15,23,27H,14,16H2,(H,28,30)(H,29,31). The quantitative estimate of drug-likeness (QED) is 0.350. The Morgan fingerprint density at radius 1 is 0.938 bits per heavy atom. The van der Waals surface area contributed by atoms with Gasteiger partial charge in [0.2, 0.25) is 0 Å². The second-order valence-electron chi connectivity index (χ2n) is 7.31. The van der Waals surface area contributed by atoms with Gasteiger partial charge in [0.25, 0.3) is 11.8 Å². The Labute approximate surface area is 190 Å². The summed E-state index contributed by atoms with van der Waals surface area (Å²) in [7, 11) is 0. The normalized spacial score (nSPS) is 11.8. The minimum absolute atomic E-state index is 0.213. The number of amides is 2. The summed E-state index contributed by atoms with van der Waals surface area (Å²) in [5, 5.41) is 4.10. The van der Waals surface area contributed by atoms with E-state index in [1.54, 1.807) is 24.3 Å². The van der Waals surface area contributed by atoms with Gasteiger partial charge in [0, 0.05) is 23.5 Å². The molecule has 1 unspecified atom stereocenters. The van der Waals surface area contributed by atoms with Crippen molar-refractivity contribution in [2.75, 3.05) is 0 Å². The topological polar surface area (TPSA) is 83.2 Å². The number of hydrogen-bond donors (Lipinski definition) is 3. The Kier molecular flexibility index (Phi) is 6.84. The van der Waals surface area contributed by atoms with Crippen LogP contribution in [0, 0.1) is 0 Å². The highest BCUT2D eigenvalue weighted by Gasteiger charge is 2.24. The van der Waals surface area contributed by atoms with Crippen molar-refractivity contribution in [2.24, 2.45) is 0 Å². The molecule has 162 valence electrons. The Bertz CT molecular complexity index is 1220. The van der Waals surface area contributed by atoms with Crippen molar-refractivity contribution >= 4 is 34.3 Å². The first-order valence-corrected chi connectivity index (χ1v) is 10.6. The number of halogens is 1. The lowest BCUT2D eigenvalue weighted by atomic mass is 10.0. The van der Waals surface area contributed by atoms with Crippen LogP contribution in [0.2, 0.25) is 5.02 Å². The number of H-pyrrole nitrogens is 1. The van der Waals surface area contributed by atoms with Crippen LogP contribution in [-0.2, 0) is 22.7 Å². The van der Waals surface area contributed by atoms with Crippen LogP contribution in [0.25, 0.3) is 10.9 Å². The van der Waals surface area contributed by atoms with E-state index in [2.05, 4.69) is 15.8 Å². The molecule has 0 bridgehead atoms. The summed E-state index contributed by atoms with van der Waals surface area (Å²) in [5.74, 6) is -0.884. The van der Waals surface area contributed by atoms with Crippen LogP contribution in [-0.4, -0.2) is 22.8 Å². The molecule has 0 saturated heterocycles. The summed E-state index contributed by atoms with van der Waals surface area (Å²) in [6.07, 6.45) is 2.12. The lowest BCUT2D eigenvalue weighted by Crippen LogP contribution is -2.48. The van der Waals surface area contributed by atoms with Gasteiger partial charge in [-0.05, 0) is 29.3 Å². The Hall–Kier alpha value is -3.61. The fourth-order valence-electron chi connectivity index (χ4n) is 3.45. The average molecular weight is 448 g/mol. The number of aromatic amines is 1. The highest BCUT2D eigenvalue weighted by molar-refractivity contribution is 6.33. The van der Waals surface area contributed by atoms with Gasteiger partial charge >= 0.3 is 0 Å². The van der Waals surface area contributed by atoms with Crippen LogP contribution in [0.4, 0.5) is 0 Å². The lowest BCUT2D eigenvalue weighted by molar-refractivity contribution is -0.136. The molecular weight excluding hydrogens is 426 g/mol. The highest BCUT2D eigenvalue weighted by atomic mass is 35.5. The van der Waals surface area contributed by atoms with E-state index in [0.717, 1.165) is 22.0 Å². The molecule has 4 rings (SSSR count). The zero-order valence-corrected chi connectivity index (χ0v) is 17.9. The zero-order valence-electron chi connectivity index (χ0n) is 17.2. The third-order valence-corrected chi connectivity index (χ3v) is 5.42. The van der Waals surface area contributed by atoms with Crippen molar-refractivity contribution < 1.29 is 14.4 Å². The van der Waals surface area contributed by atoms with E-state index >= 15 is 0 Å². The molecule has 1 aromatic heterocycles. The Morgan fingerprint density at radius 2 is 1.66 bits per heavy atom. The predicted molar refractivity (Wildman–Crippen MR) is 124 cm³/mol. The van der Waals surface area contributed by atoms with Gasteiger partial charge in [0.05, 0.1) is 17.2 Å². The maximum Gasteiger partial charge on any atom is 0.266 e. The first kappa shape index (κ1) is 21.6. The molecule has 0 aliphatic carbocycles. The number of carbonyl (C=O) groups is 2. The van der Waals surface area contributed by atoms with Gasteiger partial charge in [-0.1, -0.05) is 72.3 Å². The van der Waals surface area contributed by atoms with Crippen LogP contribution in [0.5, 0.6) is 0 Å². The SMILES string of the molecule is O=C(NC(Cc1c[nH]c2ccccc12)C(=O)NOCc1ccccc1)c1ccccc1Cl. The van der Waals surface area contributed by atoms with Gasteiger partial charge in [0.1, 0.15) is 6.04 Å². The third kappa shape index (κ3) is 5.17. The highest BCUT2D eigenvalue weighted by Crippen LogP contribution is 2.20. The van der Waals surface area contributed by atoms with Gasteiger partial charge in [-0.15, -0.1) is 0 Å². The van der Waals surface area contributed by atoms with Gasteiger partial charge < -0.3 is 10.3 Å². The molecule has 0 aliphatic rings. The van der Waals surface area contributed by atoms with Crippen molar-refractivity contribution in [1.82, 2.24) is 15.8 Å². The number of aromatic nitrogens is 1. The van der Waals surface area contributed by atoms with Gasteiger partial charge in [-0.2, -0.15) is 0 Å². The molecule has 3 aromatic carbocycles. The molecule has 1 heterocycles. The van der Waals surface area contributed by atoms with E-state index < -0.39 is 17.9 Å². The number of fused-ring (bicyclic) bond motifs is 1. The summed E-state index contributed by atoms with van der Waals surface area (Å²) < 4.78 is 0. The van der Waals surface area contributed by atoms with Crippen LogP contribution in [0.15, 0.2) is 85.1 Å². The largest absolute Gasteiger partial charge is 0.361 e. The van der Waals surface area contributed by atoms with Gasteiger partial charge in [0.15, 0.2) is 0 Å². The summed E-state index contributed by atoms with van der Waals surface area (Å²) in [4.78, 5) is 34.4. The Morgan fingerprint density at radius 3 is 2.47 bits per heavy atom. The molecule has 0 radical (unpaired) electrons. The zero-order chi connectivity index (χ0) is 22.3. The first-order valence-electron chi connectivity index (χ1n) is 10.2. The monoisotopic (exact) mass is 447 g/mol. The molecule has 1 atom stereocenters. The third-order valence-electron chi connectivity index (χ3n) is 5.09. The minimum atomic E-state index is -0.867. The van der Waals surface area contributed by atoms with Gasteiger partial charge in [-0.3, -0.25) is 14.4 Å².